The van der Waals surface area contributed by atoms with Crippen LogP contribution in [-0.2, 0) is 13.1 Å². The molecule has 18 heavy (non-hydrogen) atoms. The highest BCUT2D eigenvalue weighted by molar-refractivity contribution is 5.12. The van der Waals surface area contributed by atoms with Gasteiger partial charge in [-0.25, -0.2) is 0 Å². The zero-order valence-corrected chi connectivity index (χ0v) is 11.7. The van der Waals surface area contributed by atoms with E-state index < -0.39 is 0 Å². The number of furan rings is 1. The van der Waals surface area contributed by atoms with Crippen LogP contribution in [0.3, 0.4) is 0 Å². The fourth-order valence-corrected chi connectivity index (χ4v) is 2.46. The predicted octanol–water partition coefficient (Wildman–Crippen LogP) is 3.01. The molecule has 0 saturated heterocycles. The summed E-state index contributed by atoms with van der Waals surface area (Å²) in [7, 11) is 2.19. The van der Waals surface area contributed by atoms with Crippen LogP contribution in [0.2, 0.25) is 0 Å². The van der Waals surface area contributed by atoms with E-state index >= 15 is 0 Å². The van der Waals surface area contributed by atoms with Crippen molar-refractivity contribution >= 4 is 0 Å². The SMILES string of the molecule is CCCNCc1coc(CN(C)CC2CCC2)c1. The van der Waals surface area contributed by atoms with Crippen LogP contribution in [0.1, 0.15) is 43.9 Å². The quantitative estimate of drug-likeness (QED) is 0.719. The molecular weight excluding hydrogens is 224 g/mol. The van der Waals surface area contributed by atoms with Gasteiger partial charge in [0.1, 0.15) is 5.76 Å². The number of nitrogens with one attached hydrogen (secondary N) is 1. The largest absolute Gasteiger partial charge is 0.468 e. The summed E-state index contributed by atoms with van der Waals surface area (Å²) in [5.41, 5.74) is 1.26. The van der Waals surface area contributed by atoms with Crippen molar-refractivity contribution in [2.45, 2.75) is 45.7 Å². The van der Waals surface area contributed by atoms with Crippen molar-refractivity contribution < 1.29 is 4.42 Å². The Morgan fingerprint density at radius 2 is 2.28 bits per heavy atom. The maximum Gasteiger partial charge on any atom is 0.118 e. The summed E-state index contributed by atoms with van der Waals surface area (Å²) in [5, 5.41) is 3.39. The number of nitrogens with zero attached hydrogens (tertiary/aromatic N) is 1. The molecule has 1 aromatic rings. The molecule has 0 bridgehead atoms. The average molecular weight is 250 g/mol. The Balaban J connectivity index is 1.71. The number of hydrogen-bond acceptors (Lipinski definition) is 3. The Hall–Kier alpha value is -0.800. The van der Waals surface area contributed by atoms with E-state index in [1.165, 1.54) is 37.8 Å². The highest BCUT2D eigenvalue weighted by atomic mass is 16.3. The van der Waals surface area contributed by atoms with Crippen molar-refractivity contribution in [3.05, 3.63) is 23.7 Å². The van der Waals surface area contributed by atoms with Crippen LogP contribution in [0.25, 0.3) is 0 Å². The van der Waals surface area contributed by atoms with Gasteiger partial charge in [-0.3, -0.25) is 4.90 Å². The molecule has 1 aliphatic rings. The third-order valence-corrected chi connectivity index (χ3v) is 3.68. The van der Waals surface area contributed by atoms with Crippen LogP contribution in [0.4, 0.5) is 0 Å². The number of rotatable bonds is 8. The van der Waals surface area contributed by atoms with Crippen LogP contribution in [0, 0.1) is 5.92 Å². The molecular formula is C15H26N2O. The van der Waals surface area contributed by atoms with Crippen LogP contribution in [0.15, 0.2) is 16.7 Å². The van der Waals surface area contributed by atoms with Crippen LogP contribution >= 0.6 is 0 Å². The van der Waals surface area contributed by atoms with Crippen molar-refractivity contribution in [1.29, 1.82) is 0 Å². The van der Waals surface area contributed by atoms with Gasteiger partial charge in [0.15, 0.2) is 0 Å². The maximum atomic E-state index is 5.62. The van der Waals surface area contributed by atoms with E-state index in [-0.39, 0.29) is 0 Å². The van der Waals surface area contributed by atoms with Crippen molar-refractivity contribution in [2.75, 3.05) is 20.1 Å². The van der Waals surface area contributed by atoms with Gasteiger partial charge in [0.05, 0.1) is 12.8 Å². The van der Waals surface area contributed by atoms with Crippen LogP contribution in [0.5, 0.6) is 0 Å². The van der Waals surface area contributed by atoms with E-state index in [1.54, 1.807) is 0 Å². The molecule has 0 aromatic carbocycles. The normalized spacial score (nSPS) is 16.2. The van der Waals surface area contributed by atoms with Gasteiger partial charge < -0.3 is 9.73 Å². The topological polar surface area (TPSA) is 28.4 Å². The molecule has 1 N–H and O–H groups in total. The first-order chi connectivity index (χ1) is 8.78. The molecule has 1 heterocycles. The van der Waals surface area contributed by atoms with Crippen molar-refractivity contribution in [3.8, 4) is 0 Å². The average Bonchev–Trinajstić information content (AvgIpc) is 2.72. The van der Waals surface area contributed by atoms with Gasteiger partial charge in [0, 0.05) is 18.7 Å². The second-order valence-electron chi connectivity index (χ2n) is 5.59. The van der Waals surface area contributed by atoms with Crippen molar-refractivity contribution in [1.82, 2.24) is 10.2 Å². The third kappa shape index (κ3) is 4.14. The summed E-state index contributed by atoms with van der Waals surface area (Å²) in [4.78, 5) is 2.38. The molecule has 1 fully saturated rings. The monoisotopic (exact) mass is 250 g/mol. The second-order valence-corrected chi connectivity index (χ2v) is 5.59. The molecule has 0 unspecified atom stereocenters. The van der Waals surface area contributed by atoms with Gasteiger partial charge in [-0.2, -0.15) is 0 Å². The summed E-state index contributed by atoms with van der Waals surface area (Å²) in [5.74, 6) is 2.01. The fraction of sp³-hybridized carbons (Fsp3) is 0.733. The molecule has 0 atom stereocenters. The zero-order chi connectivity index (χ0) is 12.8. The standard InChI is InChI=1S/C15H26N2O/c1-3-7-16-9-14-8-15(18-12-14)11-17(2)10-13-5-4-6-13/h8,12-13,16H,3-7,9-11H2,1-2H3. The Morgan fingerprint density at radius 1 is 1.44 bits per heavy atom. The van der Waals surface area contributed by atoms with Gasteiger partial charge in [-0.1, -0.05) is 13.3 Å². The van der Waals surface area contributed by atoms with Crippen LogP contribution < -0.4 is 5.32 Å². The molecule has 1 aromatic heterocycles. The zero-order valence-electron chi connectivity index (χ0n) is 11.7. The molecule has 0 aliphatic heterocycles. The van der Waals surface area contributed by atoms with Crippen LogP contribution in [-0.4, -0.2) is 25.0 Å². The van der Waals surface area contributed by atoms with E-state index in [9.17, 15) is 0 Å². The molecule has 3 heteroatoms. The lowest BCUT2D eigenvalue weighted by molar-refractivity contribution is 0.191. The molecule has 1 saturated carbocycles. The van der Waals surface area contributed by atoms with Gasteiger partial charge in [0.25, 0.3) is 0 Å². The molecule has 0 spiro atoms. The predicted molar refractivity (Wildman–Crippen MR) is 74.4 cm³/mol. The molecule has 0 amide bonds. The summed E-state index contributed by atoms with van der Waals surface area (Å²) >= 11 is 0. The lowest BCUT2D eigenvalue weighted by Gasteiger charge is -2.29. The summed E-state index contributed by atoms with van der Waals surface area (Å²) in [6.07, 6.45) is 7.31. The van der Waals surface area contributed by atoms with E-state index in [0.717, 1.165) is 31.3 Å². The highest BCUT2D eigenvalue weighted by Gasteiger charge is 2.19. The Kier molecular flexibility index (Phi) is 5.26. The van der Waals surface area contributed by atoms with Crippen molar-refractivity contribution in [2.24, 2.45) is 5.92 Å². The Labute approximate surface area is 111 Å². The van der Waals surface area contributed by atoms with E-state index in [0.29, 0.717) is 0 Å². The van der Waals surface area contributed by atoms with Crippen molar-refractivity contribution in [3.63, 3.8) is 0 Å². The summed E-state index contributed by atoms with van der Waals surface area (Å²) < 4.78 is 5.62. The van der Waals surface area contributed by atoms with Gasteiger partial charge in [-0.15, -0.1) is 0 Å². The Bertz CT molecular complexity index is 344. The molecule has 3 nitrogen and oxygen atoms in total. The third-order valence-electron chi connectivity index (χ3n) is 3.68. The molecule has 102 valence electrons. The maximum absolute atomic E-state index is 5.62. The minimum Gasteiger partial charge on any atom is -0.468 e. The minimum atomic E-state index is 0.920. The first-order valence-electron chi connectivity index (χ1n) is 7.23. The lowest BCUT2D eigenvalue weighted by Crippen LogP contribution is -2.28. The van der Waals surface area contributed by atoms with Gasteiger partial charge in [0.2, 0.25) is 0 Å². The Morgan fingerprint density at radius 3 is 2.94 bits per heavy atom. The molecule has 0 radical (unpaired) electrons. The van der Waals surface area contributed by atoms with E-state index in [2.05, 4.69) is 30.3 Å². The minimum absolute atomic E-state index is 0.920. The molecule has 1 aliphatic carbocycles. The van der Waals surface area contributed by atoms with Gasteiger partial charge in [-0.05, 0) is 44.8 Å². The fourth-order valence-electron chi connectivity index (χ4n) is 2.46. The summed E-state index contributed by atoms with van der Waals surface area (Å²) in [6.45, 7) is 6.32. The smallest absolute Gasteiger partial charge is 0.118 e. The van der Waals surface area contributed by atoms with E-state index in [4.69, 9.17) is 4.42 Å². The first-order valence-corrected chi connectivity index (χ1v) is 7.23. The first kappa shape index (κ1) is 13.6. The highest BCUT2D eigenvalue weighted by Crippen LogP contribution is 2.27. The van der Waals surface area contributed by atoms with Gasteiger partial charge >= 0.3 is 0 Å². The number of hydrogen-bond donors (Lipinski definition) is 1. The summed E-state index contributed by atoms with van der Waals surface area (Å²) in [6, 6.07) is 2.18. The van der Waals surface area contributed by atoms with E-state index in [1.807, 2.05) is 6.26 Å². The molecule has 2 rings (SSSR count). The lowest BCUT2D eigenvalue weighted by atomic mass is 9.85. The second kappa shape index (κ2) is 6.95.